The minimum Gasteiger partial charge on any atom is -0.481 e. The molecule has 0 aromatic heterocycles. The van der Waals surface area contributed by atoms with Gasteiger partial charge in [0.1, 0.15) is 0 Å². The summed E-state index contributed by atoms with van der Waals surface area (Å²) in [7, 11) is 0. The van der Waals surface area contributed by atoms with Crippen LogP contribution in [0, 0.1) is 11.8 Å². The van der Waals surface area contributed by atoms with Gasteiger partial charge in [-0.25, -0.2) is 0 Å². The quantitative estimate of drug-likeness (QED) is 0.609. The van der Waals surface area contributed by atoms with E-state index in [1.54, 1.807) is 6.08 Å². The number of carboxylic acids is 1. The Kier molecular flexibility index (Phi) is 3.77. The van der Waals surface area contributed by atoms with Gasteiger partial charge in [-0.2, -0.15) is 0 Å². The Hall–Kier alpha value is -0.790. The van der Waals surface area contributed by atoms with Crippen LogP contribution in [0.4, 0.5) is 0 Å². The second-order valence-electron chi connectivity index (χ2n) is 2.71. The van der Waals surface area contributed by atoms with Gasteiger partial charge in [0.05, 0.1) is 5.92 Å². The van der Waals surface area contributed by atoms with Crippen molar-refractivity contribution in [1.29, 1.82) is 0 Å². The lowest BCUT2D eigenvalue weighted by Gasteiger charge is -2.12. The van der Waals surface area contributed by atoms with Crippen LogP contribution in [0.5, 0.6) is 0 Å². The van der Waals surface area contributed by atoms with Crippen LogP contribution in [0.25, 0.3) is 0 Å². The molecule has 0 radical (unpaired) electrons. The maximum absolute atomic E-state index is 10.5. The molecular weight excluding hydrogens is 128 g/mol. The SMILES string of the molecule is C=CCC(C(=O)O)C(C)C. The lowest BCUT2D eigenvalue weighted by atomic mass is 9.93. The summed E-state index contributed by atoms with van der Waals surface area (Å²) in [5.74, 6) is -0.803. The monoisotopic (exact) mass is 142 g/mol. The van der Waals surface area contributed by atoms with Crippen LogP contribution in [0.1, 0.15) is 20.3 Å². The lowest BCUT2D eigenvalue weighted by molar-refractivity contribution is -0.143. The van der Waals surface area contributed by atoms with Crippen molar-refractivity contribution in [3.8, 4) is 0 Å². The average Bonchev–Trinajstić information content (AvgIpc) is 1.81. The van der Waals surface area contributed by atoms with Gasteiger partial charge in [-0.05, 0) is 12.3 Å². The first-order chi connectivity index (χ1) is 4.59. The van der Waals surface area contributed by atoms with E-state index >= 15 is 0 Å². The highest BCUT2D eigenvalue weighted by Gasteiger charge is 2.18. The van der Waals surface area contributed by atoms with Crippen molar-refractivity contribution in [2.45, 2.75) is 20.3 Å². The Bertz CT molecular complexity index is 127. The highest BCUT2D eigenvalue weighted by molar-refractivity contribution is 5.70. The van der Waals surface area contributed by atoms with E-state index in [1.165, 1.54) is 0 Å². The van der Waals surface area contributed by atoms with Crippen LogP contribution in [0.2, 0.25) is 0 Å². The number of hydrogen-bond donors (Lipinski definition) is 1. The first kappa shape index (κ1) is 9.21. The van der Waals surface area contributed by atoms with Crippen molar-refractivity contribution in [2.24, 2.45) is 11.8 Å². The third-order valence-corrected chi connectivity index (χ3v) is 1.54. The molecule has 0 aromatic carbocycles. The van der Waals surface area contributed by atoms with Gasteiger partial charge in [0.2, 0.25) is 0 Å². The molecule has 10 heavy (non-hydrogen) atoms. The maximum Gasteiger partial charge on any atom is 0.307 e. The molecule has 1 N–H and O–H groups in total. The molecular formula is C8H14O2. The summed E-state index contributed by atoms with van der Waals surface area (Å²) in [6.45, 7) is 7.31. The summed E-state index contributed by atoms with van der Waals surface area (Å²) in [4.78, 5) is 10.5. The first-order valence-electron chi connectivity index (χ1n) is 3.43. The van der Waals surface area contributed by atoms with E-state index in [9.17, 15) is 4.79 Å². The van der Waals surface area contributed by atoms with Gasteiger partial charge in [0, 0.05) is 0 Å². The number of carbonyl (C=O) groups is 1. The number of allylic oxidation sites excluding steroid dienone is 1. The van der Waals surface area contributed by atoms with E-state index in [2.05, 4.69) is 6.58 Å². The molecule has 0 bridgehead atoms. The molecule has 0 saturated heterocycles. The summed E-state index contributed by atoms with van der Waals surface area (Å²) >= 11 is 0. The van der Waals surface area contributed by atoms with Crippen molar-refractivity contribution < 1.29 is 9.90 Å². The first-order valence-corrected chi connectivity index (χ1v) is 3.43. The van der Waals surface area contributed by atoms with E-state index in [-0.39, 0.29) is 11.8 Å². The van der Waals surface area contributed by atoms with Crippen molar-refractivity contribution in [3.05, 3.63) is 12.7 Å². The molecule has 0 fully saturated rings. The Morgan fingerprint density at radius 2 is 2.20 bits per heavy atom. The van der Waals surface area contributed by atoms with Gasteiger partial charge in [0.25, 0.3) is 0 Å². The molecule has 0 aliphatic rings. The fourth-order valence-electron chi connectivity index (χ4n) is 0.838. The molecule has 0 aromatic rings. The van der Waals surface area contributed by atoms with Gasteiger partial charge in [0.15, 0.2) is 0 Å². The number of hydrogen-bond acceptors (Lipinski definition) is 1. The second-order valence-corrected chi connectivity index (χ2v) is 2.71. The normalized spacial score (nSPS) is 13.1. The molecule has 1 unspecified atom stereocenters. The van der Waals surface area contributed by atoms with E-state index in [4.69, 9.17) is 5.11 Å². The summed E-state index contributed by atoms with van der Waals surface area (Å²) in [6, 6.07) is 0. The molecule has 58 valence electrons. The second kappa shape index (κ2) is 4.09. The Morgan fingerprint density at radius 3 is 2.30 bits per heavy atom. The number of aliphatic carboxylic acids is 1. The molecule has 0 saturated carbocycles. The zero-order valence-corrected chi connectivity index (χ0v) is 6.50. The van der Waals surface area contributed by atoms with Crippen molar-refractivity contribution in [2.75, 3.05) is 0 Å². The summed E-state index contributed by atoms with van der Waals surface area (Å²) in [6.07, 6.45) is 2.21. The Morgan fingerprint density at radius 1 is 1.70 bits per heavy atom. The van der Waals surface area contributed by atoms with Crippen LogP contribution < -0.4 is 0 Å². The molecule has 0 spiro atoms. The van der Waals surface area contributed by atoms with Crippen LogP contribution in [-0.4, -0.2) is 11.1 Å². The minimum atomic E-state index is -0.727. The lowest BCUT2D eigenvalue weighted by Crippen LogP contribution is -2.18. The van der Waals surface area contributed by atoms with Crippen LogP contribution >= 0.6 is 0 Å². The smallest absolute Gasteiger partial charge is 0.307 e. The van der Waals surface area contributed by atoms with Crippen molar-refractivity contribution >= 4 is 5.97 Å². The molecule has 0 aliphatic heterocycles. The fourth-order valence-corrected chi connectivity index (χ4v) is 0.838. The van der Waals surface area contributed by atoms with Gasteiger partial charge < -0.3 is 5.11 Å². The third-order valence-electron chi connectivity index (χ3n) is 1.54. The van der Waals surface area contributed by atoms with E-state index in [0.29, 0.717) is 6.42 Å². The van der Waals surface area contributed by atoms with E-state index < -0.39 is 5.97 Å². The van der Waals surface area contributed by atoms with Gasteiger partial charge >= 0.3 is 5.97 Å². The zero-order chi connectivity index (χ0) is 8.15. The van der Waals surface area contributed by atoms with Crippen molar-refractivity contribution in [3.63, 3.8) is 0 Å². The predicted molar refractivity (Wildman–Crippen MR) is 40.8 cm³/mol. The highest BCUT2D eigenvalue weighted by Crippen LogP contribution is 2.15. The maximum atomic E-state index is 10.5. The predicted octanol–water partition coefficient (Wildman–Crippen LogP) is 1.92. The molecule has 0 rings (SSSR count). The summed E-state index contributed by atoms with van der Waals surface area (Å²) in [5, 5.41) is 8.63. The fraction of sp³-hybridized carbons (Fsp3) is 0.625. The van der Waals surface area contributed by atoms with Gasteiger partial charge in [-0.1, -0.05) is 19.9 Å². The zero-order valence-electron chi connectivity index (χ0n) is 6.50. The van der Waals surface area contributed by atoms with Gasteiger partial charge in [-0.15, -0.1) is 6.58 Å². The molecule has 1 atom stereocenters. The molecule has 2 nitrogen and oxygen atoms in total. The van der Waals surface area contributed by atoms with Crippen molar-refractivity contribution in [1.82, 2.24) is 0 Å². The van der Waals surface area contributed by atoms with Crippen LogP contribution in [0.3, 0.4) is 0 Å². The topological polar surface area (TPSA) is 37.3 Å². The van der Waals surface area contributed by atoms with E-state index in [0.717, 1.165) is 0 Å². The van der Waals surface area contributed by atoms with E-state index in [1.807, 2.05) is 13.8 Å². The summed E-state index contributed by atoms with van der Waals surface area (Å²) in [5.41, 5.74) is 0. The van der Waals surface area contributed by atoms with Gasteiger partial charge in [-0.3, -0.25) is 4.79 Å². The standard InChI is InChI=1S/C8H14O2/c1-4-5-7(6(2)3)8(9)10/h4,6-7H,1,5H2,2-3H3,(H,9,10). The largest absolute Gasteiger partial charge is 0.481 e. The Labute approximate surface area is 61.6 Å². The number of carboxylic acid groups (broad SMARTS) is 1. The molecule has 0 heterocycles. The molecule has 2 heteroatoms. The molecule has 0 aliphatic carbocycles. The Balaban J connectivity index is 3.97. The third kappa shape index (κ3) is 2.67. The van der Waals surface area contributed by atoms with Crippen LogP contribution in [-0.2, 0) is 4.79 Å². The molecule has 0 amide bonds. The minimum absolute atomic E-state index is 0.190. The van der Waals surface area contributed by atoms with Crippen LogP contribution in [0.15, 0.2) is 12.7 Å². The summed E-state index contributed by atoms with van der Waals surface area (Å²) < 4.78 is 0. The average molecular weight is 142 g/mol. The highest BCUT2D eigenvalue weighted by atomic mass is 16.4. The number of rotatable bonds is 4.